The Morgan fingerprint density at radius 3 is 2.33 bits per heavy atom. The highest BCUT2D eigenvalue weighted by Crippen LogP contribution is 2.14. The third-order valence-electron chi connectivity index (χ3n) is 2.22. The van der Waals surface area contributed by atoms with E-state index >= 15 is 0 Å². The maximum atomic E-state index is 11.9. The molecule has 0 aliphatic heterocycles. The van der Waals surface area contributed by atoms with Gasteiger partial charge in [0.2, 0.25) is 0 Å². The van der Waals surface area contributed by atoms with Crippen LogP contribution >= 0.6 is 0 Å². The molecule has 1 aromatic carbocycles. The van der Waals surface area contributed by atoms with Crippen molar-refractivity contribution in [3.05, 3.63) is 29.8 Å². The summed E-state index contributed by atoms with van der Waals surface area (Å²) < 4.78 is 45.4. The number of carbonyl (C=O) groups is 2. The van der Waals surface area contributed by atoms with Gasteiger partial charge in [0, 0.05) is 0 Å². The minimum Gasteiger partial charge on any atom is -0.484 e. The van der Waals surface area contributed by atoms with Gasteiger partial charge in [-0.2, -0.15) is 13.2 Å². The van der Waals surface area contributed by atoms with E-state index in [4.69, 9.17) is 9.47 Å². The fourth-order valence-electron chi connectivity index (χ4n) is 1.30. The molecule has 21 heavy (non-hydrogen) atoms. The summed E-state index contributed by atoms with van der Waals surface area (Å²) in [5.41, 5.74) is 0.311. The van der Waals surface area contributed by atoms with E-state index in [-0.39, 0.29) is 12.4 Å². The van der Waals surface area contributed by atoms with Crippen molar-refractivity contribution in [1.82, 2.24) is 5.32 Å². The highest BCUT2D eigenvalue weighted by molar-refractivity contribution is 5.89. The van der Waals surface area contributed by atoms with Crippen molar-refractivity contribution in [3.63, 3.8) is 0 Å². The average Bonchev–Trinajstić information content (AvgIpc) is 2.43. The average molecular weight is 305 g/mol. The lowest BCUT2D eigenvalue weighted by Crippen LogP contribution is -2.36. The molecular weight excluding hydrogens is 291 g/mol. The minimum atomic E-state index is -4.46. The number of carbonyl (C=O) groups excluding carboxylic acids is 2. The number of amides is 1. The second-order valence-electron chi connectivity index (χ2n) is 3.93. The van der Waals surface area contributed by atoms with Crippen LogP contribution in [-0.2, 0) is 9.53 Å². The van der Waals surface area contributed by atoms with Gasteiger partial charge in [-0.25, -0.2) is 4.79 Å². The lowest BCUT2D eigenvalue weighted by atomic mass is 10.2. The SMILES string of the molecule is CCOC(=O)c1ccc(OCC(=O)NCC(F)(F)F)cc1. The molecule has 1 amide bonds. The highest BCUT2D eigenvalue weighted by Gasteiger charge is 2.27. The number of alkyl halides is 3. The van der Waals surface area contributed by atoms with Crippen LogP contribution in [0.1, 0.15) is 17.3 Å². The zero-order valence-corrected chi connectivity index (χ0v) is 11.2. The van der Waals surface area contributed by atoms with E-state index in [1.807, 2.05) is 0 Å². The van der Waals surface area contributed by atoms with Gasteiger partial charge in [0.1, 0.15) is 12.3 Å². The molecular formula is C13H14F3NO4. The number of ether oxygens (including phenoxy) is 2. The molecule has 0 atom stereocenters. The van der Waals surface area contributed by atoms with Crippen molar-refractivity contribution in [3.8, 4) is 5.75 Å². The van der Waals surface area contributed by atoms with Gasteiger partial charge in [-0.15, -0.1) is 0 Å². The van der Waals surface area contributed by atoms with E-state index in [9.17, 15) is 22.8 Å². The van der Waals surface area contributed by atoms with Crippen LogP contribution in [0.3, 0.4) is 0 Å². The van der Waals surface area contributed by atoms with Gasteiger partial charge >= 0.3 is 12.1 Å². The monoisotopic (exact) mass is 305 g/mol. The molecule has 0 saturated carbocycles. The molecule has 1 N–H and O–H groups in total. The molecule has 8 heteroatoms. The Labute approximate surface area is 119 Å². The molecule has 0 spiro atoms. The number of nitrogens with one attached hydrogen (secondary N) is 1. The molecule has 0 aliphatic carbocycles. The fourth-order valence-corrected chi connectivity index (χ4v) is 1.30. The third-order valence-corrected chi connectivity index (χ3v) is 2.22. The second-order valence-corrected chi connectivity index (χ2v) is 3.93. The number of halogens is 3. The first-order valence-electron chi connectivity index (χ1n) is 6.05. The number of rotatable bonds is 6. The molecule has 0 aromatic heterocycles. The number of benzene rings is 1. The number of hydrogen-bond donors (Lipinski definition) is 1. The zero-order chi connectivity index (χ0) is 15.9. The van der Waals surface area contributed by atoms with Crippen LogP contribution < -0.4 is 10.1 Å². The normalized spacial score (nSPS) is 10.9. The predicted molar refractivity (Wildman–Crippen MR) is 67.0 cm³/mol. The molecule has 0 saturated heterocycles. The van der Waals surface area contributed by atoms with E-state index < -0.39 is 31.2 Å². The second kappa shape index (κ2) is 7.51. The summed E-state index contributed by atoms with van der Waals surface area (Å²) in [4.78, 5) is 22.5. The molecule has 0 aliphatic rings. The predicted octanol–water partition coefficient (Wildman–Crippen LogP) is 1.92. The molecule has 1 rings (SSSR count). The zero-order valence-electron chi connectivity index (χ0n) is 11.2. The van der Waals surface area contributed by atoms with Gasteiger partial charge in [-0.1, -0.05) is 0 Å². The van der Waals surface area contributed by atoms with Crippen LogP contribution in [0.15, 0.2) is 24.3 Å². The first kappa shape index (κ1) is 16.8. The molecule has 0 bridgehead atoms. The van der Waals surface area contributed by atoms with Crippen molar-refractivity contribution < 1.29 is 32.2 Å². The summed E-state index contributed by atoms with van der Waals surface area (Å²) in [5, 5.41) is 1.68. The van der Waals surface area contributed by atoms with Crippen LogP contribution in [0.25, 0.3) is 0 Å². The van der Waals surface area contributed by atoms with Crippen LogP contribution in [0.5, 0.6) is 5.75 Å². The van der Waals surface area contributed by atoms with Crippen LogP contribution in [0, 0.1) is 0 Å². The van der Waals surface area contributed by atoms with E-state index in [1.165, 1.54) is 24.3 Å². The van der Waals surface area contributed by atoms with Gasteiger partial charge in [0.25, 0.3) is 5.91 Å². The Bertz CT molecular complexity index is 485. The van der Waals surface area contributed by atoms with Crippen molar-refractivity contribution in [1.29, 1.82) is 0 Å². The number of hydrogen-bond acceptors (Lipinski definition) is 4. The summed E-state index contributed by atoms with van der Waals surface area (Å²) in [5.74, 6) is -1.13. The van der Waals surface area contributed by atoms with E-state index in [2.05, 4.69) is 0 Å². The molecule has 1 aromatic rings. The first-order chi connectivity index (χ1) is 9.81. The van der Waals surface area contributed by atoms with Crippen molar-refractivity contribution in [2.45, 2.75) is 13.1 Å². The molecule has 116 valence electrons. The summed E-state index contributed by atoms with van der Waals surface area (Å²) in [6.45, 7) is -0.0305. The smallest absolute Gasteiger partial charge is 0.405 e. The number of esters is 1. The lowest BCUT2D eigenvalue weighted by Gasteiger charge is -2.09. The maximum Gasteiger partial charge on any atom is 0.405 e. The third kappa shape index (κ3) is 6.64. The topological polar surface area (TPSA) is 64.6 Å². The van der Waals surface area contributed by atoms with E-state index in [1.54, 1.807) is 12.2 Å². The Hall–Kier alpha value is -2.25. The molecule has 5 nitrogen and oxygen atoms in total. The summed E-state index contributed by atoms with van der Waals surface area (Å²) in [6, 6.07) is 5.70. The van der Waals surface area contributed by atoms with Crippen molar-refractivity contribution in [2.24, 2.45) is 0 Å². The van der Waals surface area contributed by atoms with Crippen molar-refractivity contribution >= 4 is 11.9 Å². The highest BCUT2D eigenvalue weighted by atomic mass is 19.4. The molecule has 0 fully saturated rings. The Kier molecular flexibility index (Phi) is 6.01. The quantitative estimate of drug-likeness (QED) is 0.816. The standard InChI is InChI=1S/C13H14F3NO4/c1-2-20-12(19)9-3-5-10(6-4-9)21-7-11(18)17-8-13(14,15)16/h3-6H,2,7-8H2,1H3,(H,17,18). The Morgan fingerprint density at radius 1 is 1.19 bits per heavy atom. The lowest BCUT2D eigenvalue weighted by molar-refractivity contribution is -0.139. The van der Waals surface area contributed by atoms with Crippen LogP contribution in [0.4, 0.5) is 13.2 Å². The fraction of sp³-hybridized carbons (Fsp3) is 0.385. The van der Waals surface area contributed by atoms with Gasteiger partial charge in [-0.05, 0) is 31.2 Å². The van der Waals surface area contributed by atoms with Crippen LogP contribution in [-0.4, -0.2) is 37.8 Å². The van der Waals surface area contributed by atoms with Gasteiger partial charge in [-0.3, -0.25) is 4.79 Å². The minimum absolute atomic E-state index is 0.246. The van der Waals surface area contributed by atoms with E-state index in [0.29, 0.717) is 5.56 Å². The van der Waals surface area contributed by atoms with Gasteiger partial charge in [0.15, 0.2) is 6.61 Å². The first-order valence-corrected chi connectivity index (χ1v) is 6.05. The maximum absolute atomic E-state index is 11.9. The van der Waals surface area contributed by atoms with Gasteiger partial charge < -0.3 is 14.8 Å². The largest absolute Gasteiger partial charge is 0.484 e. The Balaban J connectivity index is 2.42. The van der Waals surface area contributed by atoms with Crippen LogP contribution in [0.2, 0.25) is 0 Å². The molecule has 0 unspecified atom stereocenters. The van der Waals surface area contributed by atoms with Gasteiger partial charge in [0.05, 0.1) is 12.2 Å². The summed E-state index contributed by atoms with van der Waals surface area (Å²) >= 11 is 0. The molecule has 0 radical (unpaired) electrons. The molecule has 0 heterocycles. The summed E-state index contributed by atoms with van der Waals surface area (Å²) in [7, 11) is 0. The Morgan fingerprint density at radius 2 is 1.81 bits per heavy atom. The van der Waals surface area contributed by atoms with E-state index in [0.717, 1.165) is 0 Å². The summed E-state index contributed by atoms with van der Waals surface area (Å²) in [6.07, 6.45) is -4.46. The van der Waals surface area contributed by atoms with Crippen molar-refractivity contribution in [2.75, 3.05) is 19.8 Å².